The van der Waals surface area contributed by atoms with Crippen LogP contribution >= 0.6 is 0 Å². The SMILES string of the molecule is CCOC(=O)C1CCCN(c2ncnc(N3CCCC(C(=O)OCC)C3)c2[N+](=O)[O-])C1. The topological polar surface area (TPSA) is 128 Å². The minimum Gasteiger partial charge on any atom is -0.466 e. The first-order valence-electron chi connectivity index (χ1n) is 10.8. The van der Waals surface area contributed by atoms with Crippen LogP contribution in [0.4, 0.5) is 17.3 Å². The second kappa shape index (κ2) is 10.4. The molecule has 0 radical (unpaired) electrons. The van der Waals surface area contributed by atoms with Crippen LogP contribution in [0, 0.1) is 22.0 Å². The fourth-order valence-electron chi connectivity index (χ4n) is 4.23. The Bertz CT molecular complexity index is 763. The summed E-state index contributed by atoms with van der Waals surface area (Å²) in [7, 11) is 0. The molecule has 0 amide bonds. The lowest BCUT2D eigenvalue weighted by molar-refractivity contribution is -0.383. The van der Waals surface area contributed by atoms with Gasteiger partial charge in [0.2, 0.25) is 11.6 Å². The van der Waals surface area contributed by atoms with Crippen LogP contribution in [0.2, 0.25) is 0 Å². The fourth-order valence-corrected chi connectivity index (χ4v) is 4.23. The van der Waals surface area contributed by atoms with Crippen LogP contribution in [-0.4, -0.2) is 66.2 Å². The van der Waals surface area contributed by atoms with E-state index in [0.29, 0.717) is 65.1 Å². The molecule has 2 aliphatic heterocycles. The Labute approximate surface area is 180 Å². The largest absolute Gasteiger partial charge is 0.466 e. The van der Waals surface area contributed by atoms with E-state index in [1.165, 1.54) is 6.33 Å². The summed E-state index contributed by atoms with van der Waals surface area (Å²) in [5, 5.41) is 12.1. The summed E-state index contributed by atoms with van der Waals surface area (Å²) >= 11 is 0. The number of piperidine rings is 2. The average Bonchev–Trinajstić information content (AvgIpc) is 2.79. The van der Waals surface area contributed by atoms with Crippen LogP contribution in [0.5, 0.6) is 0 Å². The van der Waals surface area contributed by atoms with Gasteiger partial charge in [-0.2, -0.15) is 0 Å². The molecule has 2 saturated heterocycles. The van der Waals surface area contributed by atoms with E-state index in [2.05, 4.69) is 9.97 Å². The van der Waals surface area contributed by atoms with Crippen molar-refractivity contribution in [3.8, 4) is 0 Å². The zero-order chi connectivity index (χ0) is 22.4. The maximum atomic E-state index is 12.2. The van der Waals surface area contributed by atoms with E-state index in [9.17, 15) is 19.7 Å². The molecule has 1 aromatic heterocycles. The first-order chi connectivity index (χ1) is 15.0. The highest BCUT2D eigenvalue weighted by molar-refractivity contribution is 5.77. The summed E-state index contributed by atoms with van der Waals surface area (Å²) in [6.45, 7) is 5.82. The van der Waals surface area contributed by atoms with Gasteiger partial charge < -0.3 is 19.3 Å². The molecule has 0 N–H and O–H groups in total. The Morgan fingerprint density at radius 1 is 1.00 bits per heavy atom. The van der Waals surface area contributed by atoms with Gasteiger partial charge in [-0.1, -0.05) is 0 Å². The van der Waals surface area contributed by atoms with E-state index in [1.807, 2.05) is 0 Å². The molecule has 0 aromatic carbocycles. The maximum Gasteiger partial charge on any atom is 0.353 e. The standard InChI is InChI=1S/C20H29N5O6/c1-3-30-19(26)14-7-5-9-23(11-14)17-16(25(28)29)18(22-13-21-17)24-10-6-8-15(12-24)20(27)31-4-2/h13-15H,3-12H2,1-2H3. The second-order valence-corrected chi connectivity index (χ2v) is 7.70. The monoisotopic (exact) mass is 435 g/mol. The number of esters is 2. The third-order valence-electron chi connectivity index (χ3n) is 5.65. The van der Waals surface area contributed by atoms with Gasteiger partial charge in [-0.25, -0.2) is 9.97 Å². The Morgan fingerprint density at radius 2 is 1.45 bits per heavy atom. The zero-order valence-electron chi connectivity index (χ0n) is 18.0. The number of carbonyl (C=O) groups excluding carboxylic acids is 2. The molecule has 2 aliphatic rings. The van der Waals surface area contributed by atoms with Crippen LogP contribution < -0.4 is 9.80 Å². The molecule has 0 saturated carbocycles. The van der Waals surface area contributed by atoms with Crippen molar-refractivity contribution in [2.45, 2.75) is 39.5 Å². The van der Waals surface area contributed by atoms with Crippen molar-refractivity contribution in [1.82, 2.24) is 9.97 Å². The molecule has 0 aliphatic carbocycles. The lowest BCUT2D eigenvalue weighted by atomic mass is 9.97. The van der Waals surface area contributed by atoms with E-state index in [0.717, 1.165) is 0 Å². The first-order valence-corrected chi connectivity index (χ1v) is 10.8. The molecule has 31 heavy (non-hydrogen) atoms. The summed E-state index contributed by atoms with van der Waals surface area (Å²) < 4.78 is 10.3. The Balaban J connectivity index is 1.87. The van der Waals surface area contributed by atoms with Crippen molar-refractivity contribution >= 4 is 29.3 Å². The molecule has 11 heteroatoms. The van der Waals surface area contributed by atoms with Gasteiger partial charge in [-0.3, -0.25) is 19.7 Å². The van der Waals surface area contributed by atoms with Crippen molar-refractivity contribution in [1.29, 1.82) is 0 Å². The predicted molar refractivity (Wildman–Crippen MR) is 112 cm³/mol. The molecule has 0 bridgehead atoms. The van der Waals surface area contributed by atoms with Gasteiger partial charge in [-0.15, -0.1) is 0 Å². The third kappa shape index (κ3) is 5.20. The highest BCUT2D eigenvalue weighted by Gasteiger charge is 2.36. The van der Waals surface area contributed by atoms with Crippen molar-refractivity contribution in [2.24, 2.45) is 11.8 Å². The molecule has 0 spiro atoms. The number of carbonyl (C=O) groups is 2. The van der Waals surface area contributed by atoms with Gasteiger partial charge in [-0.05, 0) is 39.5 Å². The summed E-state index contributed by atoms with van der Waals surface area (Å²) in [4.78, 5) is 47.9. The summed E-state index contributed by atoms with van der Waals surface area (Å²) in [6, 6.07) is 0. The molecule has 11 nitrogen and oxygen atoms in total. The van der Waals surface area contributed by atoms with Crippen molar-refractivity contribution in [3.63, 3.8) is 0 Å². The molecule has 1 aromatic rings. The van der Waals surface area contributed by atoms with Crippen molar-refractivity contribution in [2.75, 3.05) is 49.2 Å². The van der Waals surface area contributed by atoms with Gasteiger partial charge in [0.1, 0.15) is 6.33 Å². The normalized spacial score (nSPS) is 21.5. The molecule has 2 fully saturated rings. The van der Waals surface area contributed by atoms with E-state index in [-0.39, 0.29) is 41.1 Å². The van der Waals surface area contributed by atoms with Crippen LogP contribution in [0.1, 0.15) is 39.5 Å². The third-order valence-corrected chi connectivity index (χ3v) is 5.65. The van der Waals surface area contributed by atoms with Crippen LogP contribution in [0.25, 0.3) is 0 Å². The number of aromatic nitrogens is 2. The van der Waals surface area contributed by atoms with Crippen LogP contribution in [-0.2, 0) is 19.1 Å². The maximum absolute atomic E-state index is 12.2. The fraction of sp³-hybridized carbons (Fsp3) is 0.700. The minimum atomic E-state index is -0.480. The quantitative estimate of drug-likeness (QED) is 0.356. The molecular formula is C20H29N5O6. The second-order valence-electron chi connectivity index (χ2n) is 7.70. The Morgan fingerprint density at radius 3 is 1.84 bits per heavy atom. The Kier molecular flexibility index (Phi) is 7.59. The van der Waals surface area contributed by atoms with Gasteiger partial charge >= 0.3 is 17.6 Å². The first kappa shape index (κ1) is 22.7. The molecule has 3 heterocycles. The summed E-state index contributed by atoms with van der Waals surface area (Å²) in [6.07, 6.45) is 4.06. The molecule has 2 unspecified atom stereocenters. The van der Waals surface area contributed by atoms with Crippen LogP contribution in [0.3, 0.4) is 0 Å². The lowest BCUT2D eigenvalue weighted by Crippen LogP contribution is -2.42. The zero-order valence-corrected chi connectivity index (χ0v) is 18.0. The molecular weight excluding hydrogens is 406 g/mol. The smallest absolute Gasteiger partial charge is 0.353 e. The minimum absolute atomic E-state index is 0.197. The molecule has 170 valence electrons. The average molecular weight is 435 g/mol. The van der Waals surface area contributed by atoms with E-state index >= 15 is 0 Å². The number of hydrogen-bond acceptors (Lipinski definition) is 10. The molecule has 3 rings (SSSR count). The van der Waals surface area contributed by atoms with E-state index in [1.54, 1.807) is 23.6 Å². The number of ether oxygens (including phenoxy) is 2. The van der Waals surface area contributed by atoms with Gasteiger partial charge in [0.05, 0.1) is 30.0 Å². The number of hydrogen-bond donors (Lipinski definition) is 0. The molecule has 2 atom stereocenters. The van der Waals surface area contributed by atoms with Gasteiger partial charge in [0.15, 0.2) is 0 Å². The number of anilines is 2. The Hall–Kier alpha value is -2.98. The number of rotatable bonds is 7. The summed E-state index contributed by atoms with van der Waals surface area (Å²) in [5.41, 5.74) is -0.198. The van der Waals surface area contributed by atoms with Gasteiger partial charge in [0.25, 0.3) is 0 Å². The van der Waals surface area contributed by atoms with E-state index in [4.69, 9.17) is 9.47 Å². The van der Waals surface area contributed by atoms with Crippen molar-refractivity contribution < 1.29 is 24.0 Å². The lowest BCUT2D eigenvalue weighted by Gasteiger charge is -2.34. The summed E-state index contributed by atoms with van der Waals surface area (Å²) in [5.74, 6) is -0.899. The number of nitrogens with zero attached hydrogens (tertiary/aromatic N) is 5. The van der Waals surface area contributed by atoms with Gasteiger partial charge in [0, 0.05) is 26.2 Å². The highest BCUT2D eigenvalue weighted by Crippen LogP contribution is 2.37. The van der Waals surface area contributed by atoms with Crippen molar-refractivity contribution in [3.05, 3.63) is 16.4 Å². The predicted octanol–water partition coefficient (Wildman–Crippen LogP) is 1.94. The van der Waals surface area contributed by atoms with Crippen LogP contribution in [0.15, 0.2) is 6.33 Å². The highest BCUT2D eigenvalue weighted by atomic mass is 16.6. The number of nitro groups is 1. The van der Waals surface area contributed by atoms with E-state index < -0.39 is 4.92 Å².